The van der Waals surface area contributed by atoms with Crippen molar-refractivity contribution in [3.8, 4) is 0 Å². The van der Waals surface area contributed by atoms with Crippen LogP contribution in [0.5, 0.6) is 0 Å². The minimum absolute atomic E-state index is 0.00250. The third-order valence-corrected chi connectivity index (χ3v) is 6.22. The molecule has 1 aromatic carbocycles. The molecule has 2 N–H and O–H groups in total. The number of carbonyl (C=O) groups is 1. The number of carbonyl (C=O) groups excluding carboxylic acids is 1. The summed E-state index contributed by atoms with van der Waals surface area (Å²) >= 11 is 0. The summed E-state index contributed by atoms with van der Waals surface area (Å²) in [5.41, 5.74) is 1.07. The first-order chi connectivity index (χ1) is 12.2. The maximum atomic E-state index is 13.0. The van der Waals surface area contributed by atoms with Crippen LogP contribution < -0.4 is 15.5 Å². The summed E-state index contributed by atoms with van der Waals surface area (Å²) in [6.07, 6.45) is 7.19. The van der Waals surface area contributed by atoms with Crippen molar-refractivity contribution in [3.63, 3.8) is 0 Å². The van der Waals surface area contributed by atoms with Crippen molar-refractivity contribution < 1.29 is 9.18 Å². The number of benzene rings is 1. The van der Waals surface area contributed by atoms with Gasteiger partial charge in [0.15, 0.2) is 0 Å². The van der Waals surface area contributed by atoms with E-state index in [1.54, 1.807) is 0 Å². The van der Waals surface area contributed by atoms with Crippen LogP contribution in [0.3, 0.4) is 0 Å². The third kappa shape index (κ3) is 3.81. The Bertz CT molecular complexity index is 591. The highest BCUT2D eigenvalue weighted by molar-refractivity contribution is 5.82. The van der Waals surface area contributed by atoms with Crippen molar-refractivity contribution in [2.24, 2.45) is 11.8 Å². The normalized spacial score (nSPS) is 31.8. The molecule has 136 valence electrons. The van der Waals surface area contributed by atoms with Crippen LogP contribution in [0.2, 0.25) is 0 Å². The molecule has 3 aliphatic rings. The Balaban J connectivity index is 1.24. The van der Waals surface area contributed by atoms with Gasteiger partial charge in [0.05, 0.1) is 6.04 Å². The number of nitrogens with zero attached hydrogens (tertiary/aromatic N) is 1. The van der Waals surface area contributed by atoms with Crippen LogP contribution in [0.25, 0.3) is 0 Å². The Hall–Kier alpha value is -1.62. The van der Waals surface area contributed by atoms with E-state index in [0.29, 0.717) is 17.9 Å². The number of hydrogen-bond acceptors (Lipinski definition) is 3. The molecule has 4 rings (SSSR count). The second-order valence-electron chi connectivity index (χ2n) is 7.93. The molecular formula is C20H28FN3O. The first-order valence-corrected chi connectivity index (χ1v) is 9.73. The highest BCUT2D eigenvalue weighted by atomic mass is 19.1. The van der Waals surface area contributed by atoms with E-state index in [0.717, 1.165) is 38.2 Å². The van der Waals surface area contributed by atoms with Crippen LogP contribution in [-0.2, 0) is 4.79 Å². The van der Waals surface area contributed by atoms with E-state index in [1.165, 1.54) is 37.8 Å². The molecule has 0 radical (unpaired) electrons. The third-order valence-electron chi connectivity index (χ3n) is 6.22. The molecule has 0 spiro atoms. The topological polar surface area (TPSA) is 44.4 Å². The lowest BCUT2D eigenvalue weighted by molar-refractivity contribution is -0.123. The molecular weight excluding hydrogens is 317 g/mol. The van der Waals surface area contributed by atoms with E-state index >= 15 is 0 Å². The summed E-state index contributed by atoms with van der Waals surface area (Å²) in [7, 11) is 0. The van der Waals surface area contributed by atoms with Gasteiger partial charge in [-0.3, -0.25) is 4.79 Å². The van der Waals surface area contributed by atoms with Crippen LogP contribution in [-0.4, -0.2) is 37.6 Å². The zero-order valence-electron chi connectivity index (χ0n) is 14.7. The van der Waals surface area contributed by atoms with Gasteiger partial charge >= 0.3 is 0 Å². The number of halogens is 1. The van der Waals surface area contributed by atoms with Crippen molar-refractivity contribution in [2.75, 3.05) is 24.5 Å². The molecule has 4 unspecified atom stereocenters. The molecule has 2 heterocycles. The van der Waals surface area contributed by atoms with Crippen LogP contribution in [0.1, 0.15) is 38.5 Å². The molecule has 1 aliphatic carbocycles. The Morgan fingerprint density at radius 2 is 2.00 bits per heavy atom. The van der Waals surface area contributed by atoms with E-state index < -0.39 is 0 Å². The SMILES string of the molecule is O=C(NCC1CCN(c2ccc(F)cc2)C1)C1CC2CCCCC2N1. The fourth-order valence-electron chi connectivity index (χ4n) is 4.77. The molecule has 2 aliphatic heterocycles. The molecule has 5 heteroatoms. The minimum Gasteiger partial charge on any atom is -0.371 e. The van der Waals surface area contributed by atoms with Crippen LogP contribution in [0.4, 0.5) is 10.1 Å². The van der Waals surface area contributed by atoms with Crippen LogP contribution in [0, 0.1) is 17.7 Å². The molecule has 3 fully saturated rings. The van der Waals surface area contributed by atoms with Crippen molar-refractivity contribution in [3.05, 3.63) is 30.1 Å². The van der Waals surface area contributed by atoms with Gasteiger partial charge in [-0.05, 0) is 61.8 Å². The Morgan fingerprint density at radius 3 is 2.80 bits per heavy atom. The van der Waals surface area contributed by atoms with Crippen molar-refractivity contribution in [1.29, 1.82) is 0 Å². The van der Waals surface area contributed by atoms with Gasteiger partial charge in [0.25, 0.3) is 0 Å². The maximum Gasteiger partial charge on any atom is 0.237 e. The van der Waals surface area contributed by atoms with Gasteiger partial charge in [0, 0.05) is 31.4 Å². The molecule has 4 nitrogen and oxygen atoms in total. The molecule has 4 atom stereocenters. The fraction of sp³-hybridized carbons (Fsp3) is 0.650. The lowest BCUT2D eigenvalue weighted by Gasteiger charge is -2.24. The Morgan fingerprint density at radius 1 is 1.20 bits per heavy atom. The zero-order chi connectivity index (χ0) is 17.2. The molecule has 2 saturated heterocycles. The molecule has 1 saturated carbocycles. The predicted octanol–water partition coefficient (Wildman–Crippen LogP) is 2.69. The van der Waals surface area contributed by atoms with E-state index in [9.17, 15) is 9.18 Å². The average Bonchev–Trinajstić information content (AvgIpc) is 3.27. The van der Waals surface area contributed by atoms with Gasteiger partial charge in [-0.15, -0.1) is 0 Å². The largest absolute Gasteiger partial charge is 0.371 e. The van der Waals surface area contributed by atoms with E-state index in [2.05, 4.69) is 15.5 Å². The summed E-state index contributed by atoms with van der Waals surface area (Å²) in [6.45, 7) is 2.64. The smallest absolute Gasteiger partial charge is 0.237 e. The summed E-state index contributed by atoms with van der Waals surface area (Å²) in [5, 5.41) is 6.72. The quantitative estimate of drug-likeness (QED) is 0.882. The molecule has 0 bridgehead atoms. The van der Waals surface area contributed by atoms with Gasteiger partial charge in [0.1, 0.15) is 5.82 Å². The lowest BCUT2D eigenvalue weighted by atomic mass is 9.85. The first kappa shape index (κ1) is 16.8. The number of rotatable bonds is 4. The number of hydrogen-bond donors (Lipinski definition) is 2. The second-order valence-corrected chi connectivity index (χ2v) is 7.93. The first-order valence-electron chi connectivity index (χ1n) is 9.73. The Labute approximate surface area is 149 Å². The number of amides is 1. The van der Waals surface area contributed by atoms with Crippen molar-refractivity contribution in [1.82, 2.24) is 10.6 Å². The van der Waals surface area contributed by atoms with Crippen molar-refractivity contribution >= 4 is 11.6 Å². The summed E-state index contributed by atoms with van der Waals surface area (Å²) in [6, 6.07) is 7.25. The maximum absolute atomic E-state index is 13.0. The Kier molecular flexibility index (Phi) is 4.93. The van der Waals surface area contributed by atoms with E-state index in [-0.39, 0.29) is 17.8 Å². The molecule has 25 heavy (non-hydrogen) atoms. The second kappa shape index (κ2) is 7.32. The average molecular weight is 345 g/mol. The van der Waals surface area contributed by atoms with E-state index in [4.69, 9.17) is 0 Å². The zero-order valence-corrected chi connectivity index (χ0v) is 14.7. The number of fused-ring (bicyclic) bond motifs is 1. The lowest BCUT2D eigenvalue weighted by Crippen LogP contribution is -2.44. The van der Waals surface area contributed by atoms with Crippen molar-refractivity contribution in [2.45, 2.75) is 50.6 Å². The highest BCUT2D eigenvalue weighted by Crippen LogP contribution is 2.33. The predicted molar refractivity (Wildman–Crippen MR) is 97.0 cm³/mol. The van der Waals surface area contributed by atoms with Crippen LogP contribution >= 0.6 is 0 Å². The van der Waals surface area contributed by atoms with Gasteiger partial charge in [-0.1, -0.05) is 12.8 Å². The van der Waals surface area contributed by atoms with Crippen LogP contribution in [0.15, 0.2) is 24.3 Å². The van der Waals surface area contributed by atoms with E-state index in [1.807, 2.05) is 12.1 Å². The van der Waals surface area contributed by atoms with Gasteiger partial charge < -0.3 is 15.5 Å². The van der Waals surface area contributed by atoms with Gasteiger partial charge in [-0.25, -0.2) is 4.39 Å². The standard InChI is InChI=1S/C20H28FN3O/c21-16-5-7-17(8-6-16)24-10-9-14(13-24)12-22-20(25)19-11-15-3-1-2-4-18(15)23-19/h5-8,14-15,18-19,23H,1-4,9-13H2,(H,22,25). The van der Waals surface area contributed by atoms with Gasteiger partial charge in [0.2, 0.25) is 5.91 Å². The fourth-order valence-corrected chi connectivity index (χ4v) is 4.77. The molecule has 1 aromatic rings. The minimum atomic E-state index is -0.198. The number of nitrogens with one attached hydrogen (secondary N) is 2. The monoisotopic (exact) mass is 345 g/mol. The summed E-state index contributed by atoms with van der Waals surface area (Å²) in [5.74, 6) is 1.15. The molecule has 0 aromatic heterocycles. The molecule has 1 amide bonds. The highest BCUT2D eigenvalue weighted by Gasteiger charge is 2.38. The number of anilines is 1. The summed E-state index contributed by atoms with van der Waals surface area (Å²) < 4.78 is 13.0. The summed E-state index contributed by atoms with van der Waals surface area (Å²) in [4.78, 5) is 14.8. The van der Waals surface area contributed by atoms with Gasteiger partial charge in [-0.2, -0.15) is 0 Å².